The molecule has 0 bridgehead atoms. The van der Waals surface area contributed by atoms with Crippen LogP contribution in [-0.4, -0.2) is 20.8 Å². The zero-order valence-corrected chi connectivity index (χ0v) is 12.4. The lowest BCUT2D eigenvalue weighted by molar-refractivity contribution is -0.670. The maximum atomic E-state index is 12.8. The Morgan fingerprint density at radius 1 is 1.00 bits per heavy atom. The van der Waals surface area contributed by atoms with Crippen LogP contribution in [0, 0.1) is 5.82 Å². The van der Waals surface area contributed by atoms with Crippen molar-refractivity contribution in [2.75, 3.05) is 20.8 Å². The number of halogens is 1. The lowest BCUT2D eigenvalue weighted by Crippen LogP contribution is -2.83. The summed E-state index contributed by atoms with van der Waals surface area (Å²) in [4.78, 5) is 0. The summed E-state index contributed by atoms with van der Waals surface area (Å²) < 4.78 is 23.5. The van der Waals surface area contributed by atoms with Gasteiger partial charge in [0, 0.05) is 6.42 Å². The monoisotopic (exact) mass is 290 g/mol. The average Bonchev–Trinajstić information content (AvgIpc) is 2.52. The Bertz CT molecular complexity index is 570. The Morgan fingerprint density at radius 3 is 2.43 bits per heavy atom. The van der Waals surface area contributed by atoms with Crippen LogP contribution in [-0.2, 0) is 13.0 Å². The van der Waals surface area contributed by atoms with Crippen LogP contribution >= 0.6 is 0 Å². The molecule has 2 aromatic rings. The van der Waals surface area contributed by atoms with Gasteiger partial charge in [0.25, 0.3) is 0 Å². The zero-order chi connectivity index (χ0) is 15.1. The molecule has 2 N–H and O–H groups in total. The van der Waals surface area contributed by atoms with Gasteiger partial charge < -0.3 is 14.8 Å². The van der Waals surface area contributed by atoms with E-state index in [9.17, 15) is 4.39 Å². The van der Waals surface area contributed by atoms with Gasteiger partial charge in [0.05, 0.1) is 26.3 Å². The van der Waals surface area contributed by atoms with Crippen molar-refractivity contribution in [3.8, 4) is 11.5 Å². The van der Waals surface area contributed by atoms with E-state index in [1.807, 2.05) is 30.3 Å². The van der Waals surface area contributed by atoms with Gasteiger partial charge in [-0.3, -0.25) is 0 Å². The number of benzene rings is 2. The highest BCUT2D eigenvalue weighted by molar-refractivity contribution is 5.46. The summed E-state index contributed by atoms with van der Waals surface area (Å²) in [5.74, 6) is 1.35. The largest absolute Gasteiger partial charge is 0.493 e. The number of rotatable bonds is 7. The SMILES string of the molecule is COc1cccc(C[NH2+]CCc2ccc(F)cc2)c1OC. The van der Waals surface area contributed by atoms with Crippen molar-refractivity contribution >= 4 is 0 Å². The molecule has 2 aromatic carbocycles. The summed E-state index contributed by atoms with van der Waals surface area (Å²) in [7, 11) is 3.29. The molecule has 0 fully saturated rings. The summed E-state index contributed by atoms with van der Waals surface area (Å²) in [5, 5.41) is 2.21. The number of methoxy groups -OCH3 is 2. The number of hydrogen-bond donors (Lipinski definition) is 1. The van der Waals surface area contributed by atoms with Crippen LogP contribution in [0.25, 0.3) is 0 Å². The molecule has 0 aliphatic heterocycles. The minimum Gasteiger partial charge on any atom is -0.493 e. The average molecular weight is 290 g/mol. The quantitative estimate of drug-likeness (QED) is 0.793. The van der Waals surface area contributed by atoms with Crippen LogP contribution in [0.4, 0.5) is 4.39 Å². The maximum absolute atomic E-state index is 12.8. The Hall–Kier alpha value is -2.07. The molecule has 0 saturated heterocycles. The molecule has 3 nitrogen and oxygen atoms in total. The third-order valence-electron chi connectivity index (χ3n) is 3.40. The number of quaternary nitrogens is 1. The molecule has 0 aliphatic rings. The molecule has 112 valence electrons. The predicted molar refractivity (Wildman–Crippen MR) is 80.1 cm³/mol. The second kappa shape index (κ2) is 7.64. The molecule has 21 heavy (non-hydrogen) atoms. The first-order chi connectivity index (χ1) is 10.2. The lowest BCUT2D eigenvalue weighted by atomic mass is 10.1. The summed E-state index contributed by atoms with van der Waals surface area (Å²) in [6.07, 6.45) is 0.909. The highest BCUT2D eigenvalue weighted by Gasteiger charge is 2.10. The third kappa shape index (κ3) is 4.20. The molecule has 0 heterocycles. The van der Waals surface area contributed by atoms with Crippen molar-refractivity contribution < 1.29 is 19.2 Å². The highest BCUT2D eigenvalue weighted by atomic mass is 19.1. The van der Waals surface area contributed by atoms with Crippen molar-refractivity contribution in [1.82, 2.24) is 0 Å². The Morgan fingerprint density at radius 2 is 1.76 bits per heavy atom. The van der Waals surface area contributed by atoms with Crippen LogP contribution in [0.5, 0.6) is 11.5 Å². The molecule has 0 unspecified atom stereocenters. The fraction of sp³-hybridized carbons (Fsp3) is 0.294. The molecule has 0 saturated carbocycles. The van der Waals surface area contributed by atoms with E-state index in [-0.39, 0.29) is 5.82 Å². The van der Waals surface area contributed by atoms with Crippen molar-refractivity contribution in [2.45, 2.75) is 13.0 Å². The molecule has 0 atom stereocenters. The van der Waals surface area contributed by atoms with E-state index < -0.39 is 0 Å². The molecule has 0 spiro atoms. The van der Waals surface area contributed by atoms with Gasteiger partial charge in [0.15, 0.2) is 11.5 Å². The first-order valence-electron chi connectivity index (χ1n) is 7.00. The van der Waals surface area contributed by atoms with Gasteiger partial charge >= 0.3 is 0 Å². The summed E-state index contributed by atoms with van der Waals surface area (Å²) in [6.45, 7) is 1.76. The van der Waals surface area contributed by atoms with Crippen LogP contribution in [0.1, 0.15) is 11.1 Å². The van der Waals surface area contributed by atoms with Crippen LogP contribution in [0.3, 0.4) is 0 Å². The summed E-state index contributed by atoms with van der Waals surface area (Å²) in [6, 6.07) is 12.5. The van der Waals surface area contributed by atoms with Crippen molar-refractivity contribution in [1.29, 1.82) is 0 Å². The van der Waals surface area contributed by atoms with E-state index in [1.54, 1.807) is 14.2 Å². The number of nitrogens with two attached hydrogens (primary N) is 1. The molecule has 2 rings (SSSR count). The minimum atomic E-state index is -0.191. The van der Waals surface area contributed by atoms with Gasteiger partial charge in [-0.15, -0.1) is 0 Å². The first kappa shape index (κ1) is 15.3. The van der Waals surface area contributed by atoms with E-state index in [2.05, 4.69) is 5.32 Å². The number of hydrogen-bond acceptors (Lipinski definition) is 2. The topological polar surface area (TPSA) is 35.1 Å². The van der Waals surface area contributed by atoms with Gasteiger partial charge in [0.1, 0.15) is 12.4 Å². The van der Waals surface area contributed by atoms with E-state index in [1.165, 1.54) is 12.1 Å². The fourth-order valence-corrected chi connectivity index (χ4v) is 2.29. The normalized spacial score (nSPS) is 10.4. The van der Waals surface area contributed by atoms with Crippen LogP contribution in [0.15, 0.2) is 42.5 Å². The van der Waals surface area contributed by atoms with Crippen molar-refractivity contribution in [3.63, 3.8) is 0 Å². The predicted octanol–water partition coefficient (Wildman–Crippen LogP) is 2.15. The second-order valence-corrected chi connectivity index (χ2v) is 4.81. The summed E-state index contributed by atoms with van der Waals surface area (Å²) >= 11 is 0. The second-order valence-electron chi connectivity index (χ2n) is 4.81. The maximum Gasteiger partial charge on any atom is 0.169 e. The number of para-hydroxylation sites is 1. The molecule has 0 amide bonds. The molecule has 0 aromatic heterocycles. The molecular weight excluding hydrogens is 269 g/mol. The van der Waals surface area contributed by atoms with E-state index in [0.717, 1.165) is 42.1 Å². The standard InChI is InChI=1S/C17H20FNO2/c1-20-16-5-3-4-14(17(16)21-2)12-19-11-10-13-6-8-15(18)9-7-13/h3-9,19H,10-12H2,1-2H3/p+1. The minimum absolute atomic E-state index is 0.191. The molecule has 0 aliphatic carbocycles. The van der Waals surface area contributed by atoms with Gasteiger partial charge in [0.2, 0.25) is 0 Å². The summed E-state index contributed by atoms with van der Waals surface area (Å²) in [5.41, 5.74) is 2.25. The zero-order valence-electron chi connectivity index (χ0n) is 12.4. The van der Waals surface area contributed by atoms with Crippen LogP contribution < -0.4 is 14.8 Å². The highest BCUT2D eigenvalue weighted by Crippen LogP contribution is 2.29. The van der Waals surface area contributed by atoms with Gasteiger partial charge in [-0.2, -0.15) is 0 Å². The van der Waals surface area contributed by atoms with Crippen LogP contribution in [0.2, 0.25) is 0 Å². The van der Waals surface area contributed by atoms with Gasteiger partial charge in [-0.25, -0.2) is 4.39 Å². The van der Waals surface area contributed by atoms with Gasteiger partial charge in [-0.05, 0) is 29.8 Å². The molecule has 4 heteroatoms. The Labute approximate surface area is 124 Å². The van der Waals surface area contributed by atoms with Crippen molar-refractivity contribution in [2.24, 2.45) is 0 Å². The number of ether oxygens (including phenoxy) is 2. The van der Waals surface area contributed by atoms with Crippen molar-refractivity contribution in [3.05, 3.63) is 59.4 Å². The van der Waals surface area contributed by atoms with Gasteiger partial charge in [-0.1, -0.05) is 18.2 Å². The van der Waals surface area contributed by atoms with E-state index >= 15 is 0 Å². The van der Waals surface area contributed by atoms with E-state index in [0.29, 0.717) is 0 Å². The van der Waals surface area contributed by atoms with E-state index in [4.69, 9.17) is 9.47 Å². The smallest absolute Gasteiger partial charge is 0.169 e. The Kier molecular flexibility index (Phi) is 5.58. The lowest BCUT2D eigenvalue weighted by Gasteiger charge is -2.11. The fourth-order valence-electron chi connectivity index (χ4n) is 2.29. The first-order valence-corrected chi connectivity index (χ1v) is 7.00. The Balaban J connectivity index is 1.87. The molecular formula is C17H21FNO2+. The third-order valence-corrected chi connectivity index (χ3v) is 3.40. The molecule has 0 radical (unpaired) electrons.